The molecule has 0 spiro atoms. The molecule has 0 amide bonds. The highest BCUT2D eigenvalue weighted by molar-refractivity contribution is 6.11. The summed E-state index contributed by atoms with van der Waals surface area (Å²) in [7, 11) is 0. The minimum absolute atomic E-state index is 0.462. The summed E-state index contributed by atoms with van der Waals surface area (Å²) >= 11 is 0. The molecule has 0 unspecified atom stereocenters. The van der Waals surface area contributed by atoms with Gasteiger partial charge in [0.15, 0.2) is 5.75 Å². The second kappa shape index (κ2) is 15.8. The van der Waals surface area contributed by atoms with Gasteiger partial charge in [0, 0.05) is 33.0 Å². The molecule has 294 valence electrons. The van der Waals surface area contributed by atoms with Crippen LogP contribution in [0.25, 0.3) is 77.2 Å². The van der Waals surface area contributed by atoms with E-state index < -0.39 is 0 Å². The van der Waals surface area contributed by atoms with Gasteiger partial charge in [0.1, 0.15) is 6.61 Å². The third-order valence-electron chi connectivity index (χ3n) is 12.0. The van der Waals surface area contributed by atoms with Crippen molar-refractivity contribution in [3.63, 3.8) is 0 Å². The Morgan fingerprint density at radius 1 is 0.452 bits per heavy atom. The van der Waals surface area contributed by atoms with Crippen LogP contribution in [0.2, 0.25) is 0 Å². The molecule has 1 aromatic heterocycles. The van der Waals surface area contributed by atoms with Crippen molar-refractivity contribution >= 4 is 55.2 Å². The number of rotatable bonds is 7. The standard InChI is InChI=1S/C59H42N2O/c1-41-18-4-3-15-39-62-59-47(41)28-17-32-57(59)61-56-30-14-12-27-52(56)53-38-35-45(40-58(53)61)48-23-9-10-25-50(48)51-26-11-13-29-55(51)60(54-31-16-22-44-21-7-8-24-49(44)54)46-36-33-43(34-37-46)42-19-5-2-6-20-42/h2-38,40H,1,39H2/b15-3-,18-4-. The predicted molar refractivity (Wildman–Crippen MR) is 262 cm³/mol. The molecule has 9 aromatic carbocycles. The van der Waals surface area contributed by atoms with E-state index in [4.69, 9.17) is 4.74 Å². The van der Waals surface area contributed by atoms with E-state index in [9.17, 15) is 0 Å². The number of allylic oxidation sites excluding steroid dienone is 4. The number of fused-ring (bicyclic) bond motifs is 5. The Kier molecular flexibility index (Phi) is 9.40. The van der Waals surface area contributed by atoms with E-state index in [0.29, 0.717) is 6.61 Å². The van der Waals surface area contributed by atoms with E-state index in [1.54, 1.807) is 0 Å². The van der Waals surface area contributed by atoms with E-state index in [1.807, 2.05) is 24.3 Å². The Labute approximate surface area is 362 Å². The quantitative estimate of drug-likeness (QED) is 0.160. The Morgan fingerprint density at radius 2 is 1.08 bits per heavy atom. The number of hydrogen-bond donors (Lipinski definition) is 0. The van der Waals surface area contributed by atoms with Gasteiger partial charge in [-0.15, -0.1) is 0 Å². The van der Waals surface area contributed by atoms with Crippen LogP contribution in [0.3, 0.4) is 0 Å². The average Bonchev–Trinajstić information content (AvgIpc) is 3.70. The SMILES string of the molecule is C=C1/C=C\C=C/COc2c1cccc2-n1c2ccccc2c2ccc(-c3ccccc3-c3ccccc3N(c3ccc(-c4ccccc4)cc3)c3cccc4ccccc34)cc21. The molecular formula is C59H42N2O. The molecule has 0 atom stereocenters. The zero-order valence-electron chi connectivity index (χ0n) is 34.2. The van der Waals surface area contributed by atoms with Crippen LogP contribution in [0.15, 0.2) is 237 Å². The molecule has 0 radical (unpaired) electrons. The fourth-order valence-corrected chi connectivity index (χ4v) is 9.14. The lowest BCUT2D eigenvalue weighted by Crippen LogP contribution is -2.12. The van der Waals surface area contributed by atoms with Crippen LogP contribution in [0.1, 0.15) is 5.56 Å². The van der Waals surface area contributed by atoms with Crippen molar-refractivity contribution in [3.8, 4) is 44.8 Å². The summed E-state index contributed by atoms with van der Waals surface area (Å²) in [5, 5.41) is 4.76. The van der Waals surface area contributed by atoms with Gasteiger partial charge in [0.05, 0.1) is 28.1 Å². The van der Waals surface area contributed by atoms with Crippen molar-refractivity contribution in [1.82, 2.24) is 4.57 Å². The van der Waals surface area contributed by atoms with Crippen LogP contribution in [0, 0.1) is 0 Å². The molecule has 0 aliphatic carbocycles. The van der Waals surface area contributed by atoms with Crippen LogP contribution < -0.4 is 9.64 Å². The minimum Gasteiger partial charge on any atom is -0.487 e. The molecular weight excluding hydrogens is 753 g/mol. The van der Waals surface area contributed by atoms with Gasteiger partial charge in [-0.05, 0) is 87.3 Å². The molecule has 11 rings (SSSR count). The minimum atomic E-state index is 0.462. The second-order valence-corrected chi connectivity index (χ2v) is 15.7. The van der Waals surface area contributed by atoms with Gasteiger partial charge in [0.2, 0.25) is 0 Å². The topological polar surface area (TPSA) is 17.4 Å². The monoisotopic (exact) mass is 794 g/mol. The summed E-state index contributed by atoms with van der Waals surface area (Å²) < 4.78 is 8.94. The number of anilines is 3. The Morgan fingerprint density at radius 3 is 1.95 bits per heavy atom. The highest BCUT2D eigenvalue weighted by Gasteiger charge is 2.23. The molecule has 10 aromatic rings. The molecule has 1 aliphatic heterocycles. The zero-order chi connectivity index (χ0) is 41.4. The maximum absolute atomic E-state index is 6.57. The van der Waals surface area contributed by atoms with Gasteiger partial charge in [-0.25, -0.2) is 0 Å². The Balaban J connectivity index is 1.10. The summed E-state index contributed by atoms with van der Waals surface area (Å²) in [6, 6.07) is 74.4. The summed E-state index contributed by atoms with van der Waals surface area (Å²) in [6.07, 6.45) is 8.13. The van der Waals surface area contributed by atoms with Gasteiger partial charge in [0.25, 0.3) is 0 Å². The summed E-state index contributed by atoms with van der Waals surface area (Å²) in [5.41, 5.74) is 15.3. The van der Waals surface area contributed by atoms with Crippen LogP contribution in [0.4, 0.5) is 17.1 Å². The third kappa shape index (κ3) is 6.48. The largest absolute Gasteiger partial charge is 0.487 e. The van der Waals surface area contributed by atoms with Crippen molar-refractivity contribution in [1.29, 1.82) is 0 Å². The van der Waals surface area contributed by atoms with Gasteiger partial charge < -0.3 is 14.2 Å². The normalized spacial score (nSPS) is 13.5. The molecule has 2 heterocycles. The first kappa shape index (κ1) is 36.9. The van der Waals surface area contributed by atoms with Crippen LogP contribution in [0.5, 0.6) is 5.75 Å². The fraction of sp³-hybridized carbons (Fsp3) is 0.0169. The summed E-state index contributed by atoms with van der Waals surface area (Å²) in [6.45, 7) is 4.88. The van der Waals surface area contributed by atoms with Crippen LogP contribution >= 0.6 is 0 Å². The number of hydrogen-bond acceptors (Lipinski definition) is 2. The maximum atomic E-state index is 6.57. The zero-order valence-corrected chi connectivity index (χ0v) is 34.2. The predicted octanol–water partition coefficient (Wildman–Crippen LogP) is 15.9. The molecule has 0 fully saturated rings. The van der Waals surface area contributed by atoms with E-state index in [0.717, 1.165) is 72.9 Å². The molecule has 0 N–H and O–H groups in total. The lowest BCUT2D eigenvalue weighted by molar-refractivity contribution is 0.361. The first-order valence-electron chi connectivity index (χ1n) is 21.2. The highest BCUT2D eigenvalue weighted by atomic mass is 16.5. The Bertz CT molecular complexity index is 3370. The van der Waals surface area contributed by atoms with Gasteiger partial charge in [-0.1, -0.05) is 189 Å². The number of aromatic nitrogens is 1. The third-order valence-corrected chi connectivity index (χ3v) is 12.0. The molecule has 0 saturated carbocycles. The fourth-order valence-electron chi connectivity index (χ4n) is 9.14. The average molecular weight is 795 g/mol. The van der Waals surface area contributed by atoms with Crippen molar-refractivity contribution in [2.45, 2.75) is 0 Å². The maximum Gasteiger partial charge on any atom is 0.151 e. The molecule has 62 heavy (non-hydrogen) atoms. The number of para-hydroxylation sites is 3. The number of ether oxygens (including phenoxy) is 1. The van der Waals surface area contributed by atoms with E-state index >= 15 is 0 Å². The molecule has 3 heteroatoms. The van der Waals surface area contributed by atoms with Crippen molar-refractivity contribution < 1.29 is 4.74 Å². The van der Waals surface area contributed by atoms with Gasteiger partial charge >= 0.3 is 0 Å². The lowest BCUT2D eigenvalue weighted by Gasteiger charge is -2.29. The summed E-state index contributed by atoms with van der Waals surface area (Å²) in [4.78, 5) is 2.42. The smallest absolute Gasteiger partial charge is 0.151 e. The van der Waals surface area contributed by atoms with E-state index in [-0.39, 0.29) is 0 Å². The molecule has 1 aliphatic rings. The van der Waals surface area contributed by atoms with Crippen molar-refractivity contribution in [2.24, 2.45) is 0 Å². The second-order valence-electron chi connectivity index (χ2n) is 15.7. The molecule has 0 bridgehead atoms. The Hall–Kier alpha value is -8.14. The molecule has 0 saturated heterocycles. The van der Waals surface area contributed by atoms with Gasteiger partial charge in [-0.3, -0.25) is 0 Å². The van der Waals surface area contributed by atoms with Crippen molar-refractivity contribution in [2.75, 3.05) is 11.5 Å². The first-order valence-corrected chi connectivity index (χ1v) is 21.2. The lowest BCUT2D eigenvalue weighted by atomic mass is 9.92. The highest BCUT2D eigenvalue weighted by Crippen LogP contribution is 2.47. The summed E-state index contributed by atoms with van der Waals surface area (Å²) in [5.74, 6) is 0.821. The van der Waals surface area contributed by atoms with E-state index in [1.165, 1.54) is 32.7 Å². The first-order chi connectivity index (χ1) is 30.7. The van der Waals surface area contributed by atoms with Gasteiger partial charge in [-0.2, -0.15) is 0 Å². The number of nitrogens with zero attached hydrogens (tertiary/aromatic N) is 2. The number of benzene rings is 9. The van der Waals surface area contributed by atoms with Crippen LogP contribution in [-0.4, -0.2) is 11.2 Å². The van der Waals surface area contributed by atoms with Crippen LogP contribution in [-0.2, 0) is 0 Å². The molecule has 3 nitrogen and oxygen atoms in total. The van der Waals surface area contributed by atoms with E-state index in [2.05, 4.69) is 222 Å². The van der Waals surface area contributed by atoms with Crippen molar-refractivity contribution in [3.05, 3.63) is 243 Å².